The van der Waals surface area contributed by atoms with Crippen molar-refractivity contribution < 1.29 is 51.8 Å². The predicted octanol–water partition coefficient (Wildman–Crippen LogP) is 9.50. The fourth-order valence-electron chi connectivity index (χ4n) is 7.49. The van der Waals surface area contributed by atoms with Crippen LogP contribution in [0.15, 0.2) is 36.5 Å². The zero-order chi connectivity index (χ0) is 44.1. The molecule has 0 spiro atoms. The van der Waals surface area contributed by atoms with Crippen LogP contribution in [0.5, 0.6) is 0 Å². The summed E-state index contributed by atoms with van der Waals surface area (Å²) < 4.78 is 47.6. The Morgan fingerprint density at radius 2 is 1.17 bits per heavy atom. The van der Waals surface area contributed by atoms with E-state index in [-0.39, 0.29) is 18.9 Å². The minimum absolute atomic E-state index is 0.264. The first-order chi connectivity index (χ1) is 29.0. The summed E-state index contributed by atoms with van der Waals surface area (Å²) >= 11 is 0. The van der Waals surface area contributed by atoms with Gasteiger partial charge < -0.3 is 35.2 Å². The van der Waals surface area contributed by atoms with E-state index < -0.39 is 59.9 Å². The molecule has 60 heavy (non-hydrogen) atoms. The topological polar surface area (TPSA) is 192 Å². The molecule has 7 unspecified atom stereocenters. The largest absolute Gasteiger partial charge is 0.397 e. The molecule has 0 saturated carbocycles. The van der Waals surface area contributed by atoms with Gasteiger partial charge in [0.25, 0.3) is 0 Å². The number of allylic oxidation sites excluding steroid dienone is 5. The molecule has 0 aromatic rings. The van der Waals surface area contributed by atoms with Gasteiger partial charge in [-0.2, -0.15) is 8.42 Å². The zero-order valence-electron chi connectivity index (χ0n) is 37.5. The molecule has 0 radical (unpaired) electrons. The molecule has 1 aliphatic heterocycles. The molecule has 13 heteroatoms. The standard InChI is InChI=1S/C47H87NO11S/c1-3-5-7-9-11-13-15-17-18-19-20-21-22-23-24-25-27-29-31-33-35-37-43(51)48-40(41(50)36-34-32-30-28-26-16-14-12-10-8-6-4-2)39-57-47-45(53)46(59-60(54,55)56)44(52)42(38-49)58-47/h5,7,11,13,34,36,40-42,44-47,49-50,52-53H,3-4,6,8-10,12,14-33,35,37-39H2,1-2H3,(H,48,51)(H,54,55,56)/b7-5-,13-11-,36-34+. The van der Waals surface area contributed by atoms with Gasteiger partial charge in [0.2, 0.25) is 5.91 Å². The van der Waals surface area contributed by atoms with Gasteiger partial charge in [-0.05, 0) is 44.9 Å². The highest BCUT2D eigenvalue weighted by Gasteiger charge is 2.48. The molecule has 1 aliphatic rings. The molecule has 0 aromatic heterocycles. The number of rotatable bonds is 40. The van der Waals surface area contributed by atoms with Crippen molar-refractivity contribution in [3.63, 3.8) is 0 Å². The van der Waals surface area contributed by atoms with E-state index in [1.165, 1.54) is 122 Å². The van der Waals surface area contributed by atoms with Gasteiger partial charge in [0.15, 0.2) is 6.29 Å². The predicted molar refractivity (Wildman–Crippen MR) is 241 cm³/mol. The van der Waals surface area contributed by atoms with Gasteiger partial charge in [-0.1, -0.05) is 185 Å². The first-order valence-electron chi connectivity index (χ1n) is 23.9. The van der Waals surface area contributed by atoms with Gasteiger partial charge in [-0.15, -0.1) is 0 Å². The van der Waals surface area contributed by atoms with Gasteiger partial charge in [0.1, 0.15) is 24.4 Å². The molecule has 1 saturated heterocycles. The molecular weight excluding hydrogens is 787 g/mol. The Kier molecular flexibility index (Phi) is 35.5. The Balaban J connectivity index is 2.44. The van der Waals surface area contributed by atoms with Gasteiger partial charge in [0, 0.05) is 6.42 Å². The Bertz CT molecular complexity index is 1210. The van der Waals surface area contributed by atoms with Crippen LogP contribution in [0, 0.1) is 0 Å². The molecule has 1 amide bonds. The van der Waals surface area contributed by atoms with Gasteiger partial charge in [0.05, 0.1) is 25.4 Å². The average Bonchev–Trinajstić information content (AvgIpc) is 3.22. The van der Waals surface area contributed by atoms with Gasteiger partial charge >= 0.3 is 10.4 Å². The van der Waals surface area contributed by atoms with Crippen molar-refractivity contribution in [1.29, 1.82) is 0 Å². The molecule has 7 atom stereocenters. The maximum atomic E-state index is 13.0. The fourth-order valence-corrected chi connectivity index (χ4v) is 8.00. The Morgan fingerprint density at radius 1 is 0.683 bits per heavy atom. The highest BCUT2D eigenvalue weighted by molar-refractivity contribution is 7.80. The van der Waals surface area contributed by atoms with Gasteiger partial charge in [-0.25, -0.2) is 4.18 Å². The SMILES string of the molecule is CC/C=C\C/C=C\CCCCCCCCCCCCCCCCC(=O)NC(COC1OC(CO)C(O)C(OS(=O)(=O)O)C1O)C(O)/C=C/CCCCCCCCCCCC. The molecule has 6 N–H and O–H groups in total. The highest BCUT2D eigenvalue weighted by atomic mass is 32.3. The summed E-state index contributed by atoms with van der Waals surface area (Å²) in [7, 11) is -5.08. The number of hydrogen-bond donors (Lipinski definition) is 6. The lowest BCUT2D eigenvalue weighted by Gasteiger charge is -2.41. The summed E-state index contributed by atoms with van der Waals surface area (Å²) in [4.78, 5) is 13.0. The van der Waals surface area contributed by atoms with Crippen molar-refractivity contribution in [1.82, 2.24) is 5.32 Å². The van der Waals surface area contributed by atoms with Crippen LogP contribution in [0.25, 0.3) is 0 Å². The van der Waals surface area contributed by atoms with Crippen molar-refractivity contribution in [2.45, 2.75) is 243 Å². The molecular formula is C47H87NO11S. The van der Waals surface area contributed by atoms with Gasteiger partial charge in [-0.3, -0.25) is 9.35 Å². The Morgan fingerprint density at radius 3 is 1.67 bits per heavy atom. The minimum atomic E-state index is -5.08. The van der Waals surface area contributed by atoms with E-state index in [2.05, 4.69) is 47.7 Å². The molecule has 0 aromatic carbocycles. The van der Waals surface area contributed by atoms with E-state index >= 15 is 0 Å². The number of unbranched alkanes of at least 4 members (excludes halogenated alkanes) is 24. The maximum Gasteiger partial charge on any atom is 0.397 e. The van der Waals surface area contributed by atoms with Crippen LogP contribution in [-0.4, -0.2) is 95.4 Å². The zero-order valence-corrected chi connectivity index (χ0v) is 38.3. The molecule has 0 bridgehead atoms. The molecule has 1 fully saturated rings. The number of hydrogen-bond acceptors (Lipinski definition) is 10. The van der Waals surface area contributed by atoms with Crippen LogP contribution in [0.1, 0.15) is 200 Å². The van der Waals surface area contributed by atoms with E-state index in [0.29, 0.717) is 6.42 Å². The fraction of sp³-hybridized carbons (Fsp3) is 0.851. The van der Waals surface area contributed by atoms with E-state index in [4.69, 9.17) is 9.47 Å². The third-order valence-corrected chi connectivity index (χ3v) is 11.6. The quantitative estimate of drug-likeness (QED) is 0.0195. The van der Waals surface area contributed by atoms with Crippen LogP contribution >= 0.6 is 0 Å². The smallest absolute Gasteiger partial charge is 0.394 e. The van der Waals surface area contributed by atoms with E-state index in [1.54, 1.807) is 6.08 Å². The first-order valence-corrected chi connectivity index (χ1v) is 25.2. The van der Waals surface area contributed by atoms with E-state index in [0.717, 1.165) is 51.4 Å². The van der Waals surface area contributed by atoms with E-state index in [1.807, 2.05) is 6.08 Å². The molecule has 12 nitrogen and oxygen atoms in total. The monoisotopic (exact) mass is 874 g/mol. The molecule has 1 rings (SSSR count). The second-order valence-corrected chi connectivity index (χ2v) is 17.7. The number of amides is 1. The van der Waals surface area contributed by atoms with Crippen molar-refractivity contribution in [3.05, 3.63) is 36.5 Å². The lowest BCUT2D eigenvalue weighted by Crippen LogP contribution is -2.61. The summed E-state index contributed by atoms with van der Waals surface area (Å²) in [6.45, 7) is 3.27. The summed E-state index contributed by atoms with van der Waals surface area (Å²) in [5, 5.41) is 44.7. The number of carbonyl (C=O) groups is 1. The Hall–Kier alpha value is -1.68. The van der Waals surface area contributed by atoms with Crippen molar-refractivity contribution in [2.75, 3.05) is 13.2 Å². The van der Waals surface area contributed by atoms with Crippen LogP contribution in [-0.2, 0) is 28.9 Å². The number of aliphatic hydroxyl groups excluding tert-OH is 4. The van der Waals surface area contributed by atoms with Crippen LogP contribution in [0.3, 0.4) is 0 Å². The second-order valence-electron chi connectivity index (χ2n) is 16.7. The van der Waals surface area contributed by atoms with Crippen molar-refractivity contribution >= 4 is 16.3 Å². The number of aliphatic hydroxyl groups is 4. The number of nitrogens with one attached hydrogen (secondary N) is 1. The molecule has 0 aliphatic carbocycles. The molecule has 352 valence electrons. The van der Waals surface area contributed by atoms with Crippen molar-refractivity contribution in [3.8, 4) is 0 Å². The summed E-state index contributed by atoms with van der Waals surface area (Å²) in [5.74, 6) is -0.264. The van der Waals surface area contributed by atoms with E-state index in [9.17, 15) is 38.2 Å². The summed E-state index contributed by atoms with van der Waals surface area (Å²) in [6, 6.07) is -0.942. The lowest BCUT2D eigenvalue weighted by atomic mass is 9.99. The van der Waals surface area contributed by atoms with Crippen LogP contribution < -0.4 is 5.32 Å². The third kappa shape index (κ3) is 30.4. The highest BCUT2D eigenvalue weighted by Crippen LogP contribution is 2.26. The third-order valence-electron chi connectivity index (χ3n) is 11.2. The normalized spacial score (nSPS) is 21.1. The minimum Gasteiger partial charge on any atom is -0.394 e. The number of carbonyl (C=O) groups excluding carboxylic acids is 1. The second kappa shape index (κ2) is 37.8. The lowest BCUT2D eigenvalue weighted by molar-refractivity contribution is -0.298. The number of ether oxygens (including phenoxy) is 2. The first kappa shape index (κ1) is 56.3. The molecule has 1 heterocycles. The Labute approximate surface area is 365 Å². The average molecular weight is 874 g/mol. The van der Waals surface area contributed by atoms with Crippen LogP contribution in [0.4, 0.5) is 0 Å². The van der Waals surface area contributed by atoms with Crippen molar-refractivity contribution in [2.24, 2.45) is 0 Å². The van der Waals surface area contributed by atoms with Crippen LogP contribution in [0.2, 0.25) is 0 Å². The summed E-state index contributed by atoms with van der Waals surface area (Å²) in [6.07, 6.45) is 36.2. The maximum absolute atomic E-state index is 13.0. The summed E-state index contributed by atoms with van der Waals surface area (Å²) in [5.41, 5.74) is 0.